The molecule has 2 unspecified atom stereocenters. The Kier molecular flexibility index (Phi) is 6.19. The average Bonchev–Trinajstić information content (AvgIpc) is 2.92. The first-order valence-electron chi connectivity index (χ1n) is 8.28. The molecular weight excluding hydrogens is 310 g/mol. The van der Waals surface area contributed by atoms with Crippen molar-refractivity contribution in [3.63, 3.8) is 0 Å². The van der Waals surface area contributed by atoms with Crippen molar-refractivity contribution in [3.05, 3.63) is 29.8 Å². The van der Waals surface area contributed by atoms with Gasteiger partial charge in [0.1, 0.15) is 0 Å². The first-order chi connectivity index (χ1) is 10.8. The van der Waals surface area contributed by atoms with E-state index in [0.29, 0.717) is 10.9 Å². The lowest BCUT2D eigenvalue weighted by molar-refractivity contribution is 0.291. The molecule has 130 valence electrons. The summed E-state index contributed by atoms with van der Waals surface area (Å²) in [5, 5.41) is 3.54. The fourth-order valence-corrected chi connectivity index (χ4v) is 3.97. The molecule has 1 heterocycles. The third-order valence-corrected chi connectivity index (χ3v) is 6.59. The fraction of sp³-hybridized carbons (Fsp3) is 0.647. The van der Waals surface area contributed by atoms with Gasteiger partial charge in [0.05, 0.1) is 4.90 Å². The summed E-state index contributed by atoms with van der Waals surface area (Å²) >= 11 is 0. The summed E-state index contributed by atoms with van der Waals surface area (Å²) in [6.07, 6.45) is 3.76. The van der Waals surface area contributed by atoms with Crippen LogP contribution in [0.25, 0.3) is 0 Å². The standard InChI is InChI=1S/C17H29N3O2S/c1-14(18-12-11-16-6-5-13-20(16)4)15-7-9-17(10-8-15)23(21,22)19(2)3/h7-10,14,16,18H,5-6,11-13H2,1-4H3. The molecule has 23 heavy (non-hydrogen) atoms. The van der Waals surface area contributed by atoms with Gasteiger partial charge in [-0.05, 0) is 64.0 Å². The van der Waals surface area contributed by atoms with Crippen LogP contribution >= 0.6 is 0 Å². The van der Waals surface area contributed by atoms with Gasteiger partial charge in [-0.3, -0.25) is 0 Å². The van der Waals surface area contributed by atoms with Gasteiger partial charge in [0.15, 0.2) is 0 Å². The zero-order valence-corrected chi connectivity index (χ0v) is 15.4. The molecule has 2 atom stereocenters. The van der Waals surface area contributed by atoms with Crippen molar-refractivity contribution in [3.8, 4) is 0 Å². The number of hydrogen-bond donors (Lipinski definition) is 1. The third kappa shape index (κ3) is 4.53. The molecule has 1 saturated heterocycles. The molecule has 0 aromatic heterocycles. The molecule has 1 aliphatic rings. The van der Waals surface area contributed by atoms with Gasteiger partial charge in [0.2, 0.25) is 10.0 Å². The number of rotatable bonds is 7. The molecule has 0 radical (unpaired) electrons. The smallest absolute Gasteiger partial charge is 0.242 e. The molecule has 1 N–H and O–H groups in total. The Balaban J connectivity index is 1.89. The van der Waals surface area contributed by atoms with Crippen LogP contribution in [0.5, 0.6) is 0 Å². The van der Waals surface area contributed by atoms with E-state index in [1.54, 1.807) is 26.2 Å². The van der Waals surface area contributed by atoms with Crippen molar-refractivity contribution in [2.45, 2.75) is 43.2 Å². The largest absolute Gasteiger partial charge is 0.310 e. The van der Waals surface area contributed by atoms with Crippen molar-refractivity contribution in [1.82, 2.24) is 14.5 Å². The maximum absolute atomic E-state index is 12.1. The highest BCUT2D eigenvalue weighted by Crippen LogP contribution is 2.20. The summed E-state index contributed by atoms with van der Waals surface area (Å²) in [4.78, 5) is 2.78. The van der Waals surface area contributed by atoms with Crippen LogP contribution in [-0.2, 0) is 10.0 Å². The maximum Gasteiger partial charge on any atom is 0.242 e. The van der Waals surface area contributed by atoms with Gasteiger partial charge in [-0.15, -0.1) is 0 Å². The Hall–Kier alpha value is -0.950. The molecule has 0 aliphatic carbocycles. The van der Waals surface area contributed by atoms with Crippen LogP contribution in [0.4, 0.5) is 0 Å². The topological polar surface area (TPSA) is 52.7 Å². The Morgan fingerprint density at radius 1 is 1.30 bits per heavy atom. The van der Waals surface area contributed by atoms with E-state index in [1.165, 1.54) is 23.7 Å². The summed E-state index contributed by atoms with van der Waals surface area (Å²) in [5.74, 6) is 0. The van der Waals surface area contributed by atoms with Crippen molar-refractivity contribution < 1.29 is 8.42 Å². The second kappa shape index (κ2) is 7.75. The second-order valence-corrected chi connectivity index (χ2v) is 8.75. The Bertz CT molecular complexity index is 599. The van der Waals surface area contributed by atoms with Crippen molar-refractivity contribution >= 4 is 10.0 Å². The van der Waals surface area contributed by atoms with Gasteiger partial charge in [0, 0.05) is 26.2 Å². The monoisotopic (exact) mass is 339 g/mol. The highest BCUT2D eigenvalue weighted by Gasteiger charge is 2.20. The van der Waals surface area contributed by atoms with Crippen LogP contribution in [0.15, 0.2) is 29.2 Å². The average molecular weight is 340 g/mol. The van der Waals surface area contributed by atoms with Crippen LogP contribution in [-0.4, -0.2) is 57.9 Å². The molecular formula is C17H29N3O2S. The maximum atomic E-state index is 12.1. The Morgan fingerprint density at radius 3 is 2.48 bits per heavy atom. The second-order valence-electron chi connectivity index (χ2n) is 6.60. The third-order valence-electron chi connectivity index (χ3n) is 4.76. The molecule has 2 rings (SSSR count). The molecule has 1 aliphatic heterocycles. The number of nitrogens with zero attached hydrogens (tertiary/aromatic N) is 2. The summed E-state index contributed by atoms with van der Waals surface area (Å²) in [6.45, 7) is 4.31. The minimum Gasteiger partial charge on any atom is -0.310 e. The molecule has 0 amide bonds. The number of sulfonamides is 1. The van der Waals surface area contributed by atoms with E-state index in [-0.39, 0.29) is 6.04 Å². The zero-order valence-electron chi connectivity index (χ0n) is 14.6. The summed E-state index contributed by atoms with van der Waals surface area (Å²) in [7, 11) is 1.95. The van der Waals surface area contributed by atoms with E-state index < -0.39 is 10.0 Å². The van der Waals surface area contributed by atoms with Gasteiger partial charge in [-0.2, -0.15) is 0 Å². The Morgan fingerprint density at radius 2 is 1.96 bits per heavy atom. The van der Waals surface area contributed by atoms with Gasteiger partial charge in [-0.25, -0.2) is 12.7 Å². The lowest BCUT2D eigenvalue weighted by Crippen LogP contribution is -2.30. The summed E-state index contributed by atoms with van der Waals surface area (Å²) < 4.78 is 25.4. The highest BCUT2D eigenvalue weighted by molar-refractivity contribution is 7.89. The molecule has 0 bridgehead atoms. The first kappa shape index (κ1) is 18.4. The van der Waals surface area contributed by atoms with E-state index in [1.807, 2.05) is 12.1 Å². The van der Waals surface area contributed by atoms with Crippen LogP contribution in [0.2, 0.25) is 0 Å². The van der Waals surface area contributed by atoms with Crippen LogP contribution in [0.1, 0.15) is 37.8 Å². The Labute approximate surface area is 140 Å². The van der Waals surface area contributed by atoms with Gasteiger partial charge in [-0.1, -0.05) is 12.1 Å². The highest BCUT2D eigenvalue weighted by atomic mass is 32.2. The molecule has 5 nitrogen and oxygen atoms in total. The lowest BCUT2D eigenvalue weighted by Gasteiger charge is -2.21. The van der Waals surface area contributed by atoms with Gasteiger partial charge in [0.25, 0.3) is 0 Å². The fourth-order valence-electron chi connectivity index (χ4n) is 3.07. The van der Waals surface area contributed by atoms with E-state index in [2.05, 4.69) is 24.2 Å². The van der Waals surface area contributed by atoms with Crippen LogP contribution in [0.3, 0.4) is 0 Å². The molecule has 1 aromatic rings. The summed E-state index contributed by atoms with van der Waals surface area (Å²) in [5.41, 5.74) is 1.11. The summed E-state index contributed by atoms with van der Waals surface area (Å²) in [6, 6.07) is 8.09. The van der Waals surface area contributed by atoms with E-state index >= 15 is 0 Å². The predicted octanol–water partition coefficient (Wildman–Crippen LogP) is 2.07. The van der Waals surface area contributed by atoms with Crippen LogP contribution < -0.4 is 5.32 Å². The van der Waals surface area contributed by atoms with Crippen molar-refractivity contribution in [2.24, 2.45) is 0 Å². The van der Waals surface area contributed by atoms with Crippen LogP contribution in [0, 0.1) is 0 Å². The SMILES string of the molecule is CC(NCCC1CCCN1C)c1ccc(S(=O)(=O)N(C)C)cc1. The van der Waals surface area contributed by atoms with E-state index in [9.17, 15) is 8.42 Å². The van der Waals surface area contributed by atoms with E-state index in [4.69, 9.17) is 0 Å². The minimum absolute atomic E-state index is 0.220. The van der Waals surface area contributed by atoms with Gasteiger partial charge < -0.3 is 10.2 Å². The number of hydrogen-bond acceptors (Lipinski definition) is 4. The molecule has 0 spiro atoms. The quantitative estimate of drug-likeness (QED) is 0.826. The first-order valence-corrected chi connectivity index (χ1v) is 9.72. The number of benzene rings is 1. The van der Waals surface area contributed by atoms with E-state index in [0.717, 1.165) is 18.5 Å². The van der Waals surface area contributed by atoms with Crippen molar-refractivity contribution in [1.29, 1.82) is 0 Å². The molecule has 1 fully saturated rings. The van der Waals surface area contributed by atoms with Crippen molar-refractivity contribution in [2.75, 3.05) is 34.2 Å². The normalized spacial score (nSPS) is 21.0. The molecule has 0 saturated carbocycles. The minimum atomic E-state index is -3.35. The molecule has 6 heteroatoms. The number of nitrogens with one attached hydrogen (secondary N) is 1. The zero-order chi connectivity index (χ0) is 17.0. The predicted molar refractivity (Wildman–Crippen MR) is 94.0 cm³/mol. The molecule has 1 aromatic carbocycles. The van der Waals surface area contributed by atoms with Gasteiger partial charge >= 0.3 is 0 Å². The lowest BCUT2D eigenvalue weighted by atomic mass is 10.1. The number of likely N-dealkylation sites (tertiary alicyclic amines) is 1.